The molecular formula is C19H30O4. The van der Waals surface area contributed by atoms with Gasteiger partial charge in [0.05, 0.1) is 5.60 Å². The van der Waals surface area contributed by atoms with Crippen LogP contribution in [0, 0.1) is 0 Å². The molecule has 1 aromatic rings. The minimum atomic E-state index is -1.38. The van der Waals surface area contributed by atoms with E-state index < -0.39 is 16.8 Å². The highest BCUT2D eigenvalue weighted by molar-refractivity contribution is 6.01. The number of ketones is 1. The predicted octanol–water partition coefficient (Wildman–Crippen LogP) is 4.40. The first kappa shape index (κ1) is 19.8. The van der Waals surface area contributed by atoms with E-state index in [1.807, 2.05) is 46.8 Å². The molecule has 0 aromatic heterocycles. The largest absolute Gasteiger partial charge is 0.382 e. The van der Waals surface area contributed by atoms with Crippen molar-refractivity contribution in [2.75, 3.05) is 0 Å². The highest BCUT2D eigenvalue weighted by Gasteiger charge is 2.33. The number of Topliss-reactive ketones (excluding diaryl/α,β-unsaturated/α-hetero) is 1. The Morgan fingerprint density at radius 3 is 1.78 bits per heavy atom. The van der Waals surface area contributed by atoms with Crippen LogP contribution in [0.2, 0.25) is 0 Å². The molecule has 23 heavy (non-hydrogen) atoms. The summed E-state index contributed by atoms with van der Waals surface area (Å²) in [4.78, 5) is 23.5. The van der Waals surface area contributed by atoms with Crippen molar-refractivity contribution in [2.45, 2.75) is 78.1 Å². The number of carbonyl (C=O) groups is 1. The van der Waals surface area contributed by atoms with Gasteiger partial charge in [0.15, 0.2) is 5.78 Å². The summed E-state index contributed by atoms with van der Waals surface area (Å²) in [6.07, 6.45) is 1.50. The van der Waals surface area contributed by atoms with E-state index in [0.717, 1.165) is 18.4 Å². The lowest BCUT2D eigenvalue weighted by atomic mass is 9.87. The van der Waals surface area contributed by atoms with Gasteiger partial charge in [0.1, 0.15) is 11.2 Å². The highest BCUT2D eigenvalue weighted by Crippen LogP contribution is 2.35. The van der Waals surface area contributed by atoms with Gasteiger partial charge in [-0.2, -0.15) is 0 Å². The molecule has 0 bridgehead atoms. The molecule has 1 aromatic carbocycles. The third kappa shape index (κ3) is 5.13. The standard InChI is InChI=1S/C19H30O4/c1-8-19(9-2,23-22-17(3,4)5)15-12-10-14(11-13-15)16(20)18(6,7)21/h10-13,21H,8-9H2,1-7H3. The molecule has 1 N–H and O–H groups in total. The second kappa shape index (κ2) is 7.12. The summed E-state index contributed by atoms with van der Waals surface area (Å²) in [5, 5.41) is 9.84. The molecular weight excluding hydrogens is 292 g/mol. The molecule has 1 rings (SSSR count). The fourth-order valence-corrected chi connectivity index (χ4v) is 2.31. The first-order valence-corrected chi connectivity index (χ1v) is 8.20. The molecule has 0 saturated carbocycles. The molecule has 0 radical (unpaired) electrons. The van der Waals surface area contributed by atoms with Crippen LogP contribution in [0.4, 0.5) is 0 Å². The molecule has 0 heterocycles. The van der Waals surface area contributed by atoms with Gasteiger partial charge >= 0.3 is 0 Å². The Hall–Kier alpha value is -1.23. The van der Waals surface area contributed by atoms with Gasteiger partial charge in [-0.15, -0.1) is 0 Å². The fraction of sp³-hybridized carbons (Fsp3) is 0.632. The molecule has 0 saturated heterocycles. The summed E-state index contributed by atoms with van der Waals surface area (Å²) in [7, 11) is 0. The average Bonchev–Trinajstić information content (AvgIpc) is 2.47. The van der Waals surface area contributed by atoms with Crippen molar-refractivity contribution in [2.24, 2.45) is 0 Å². The van der Waals surface area contributed by atoms with Crippen LogP contribution < -0.4 is 0 Å². The topological polar surface area (TPSA) is 55.8 Å². The second-order valence-electron chi connectivity index (χ2n) is 7.45. The SMILES string of the molecule is CCC(CC)(OOC(C)(C)C)c1ccc(C(=O)C(C)(C)O)cc1. The van der Waals surface area contributed by atoms with E-state index in [0.29, 0.717) is 5.56 Å². The number of hydrogen-bond donors (Lipinski definition) is 1. The van der Waals surface area contributed by atoms with E-state index in [-0.39, 0.29) is 5.78 Å². The van der Waals surface area contributed by atoms with E-state index >= 15 is 0 Å². The van der Waals surface area contributed by atoms with Gasteiger partial charge in [-0.05, 0) is 53.0 Å². The first-order chi connectivity index (χ1) is 10.4. The molecule has 0 aliphatic heterocycles. The maximum Gasteiger partial charge on any atom is 0.193 e. The van der Waals surface area contributed by atoms with Crippen molar-refractivity contribution >= 4 is 5.78 Å². The quantitative estimate of drug-likeness (QED) is 0.459. The normalized spacial score (nSPS) is 13.2. The predicted molar refractivity (Wildman–Crippen MR) is 91.3 cm³/mol. The van der Waals surface area contributed by atoms with Gasteiger partial charge in [0.25, 0.3) is 0 Å². The lowest BCUT2D eigenvalue weighted by molar-refractivity contribution is -0.410. The van der Waals surface area contributed by atoms with Crippen LogP contribution in [0.3, 0.4) is 0 Å². The van der Waals surface area contributed by atoms with Crippen molar-refractivity contribution in [3.8, 4) is 0 Å². The van der Waals surface area contributed by atoms with Crippen LogP contribution in [0.25, 0.3) is 0 Å². The molecule has 0 unspecified atom stereocenters. The lowest BCUT2D eigenvalue weighted by Crippen LogP contribution is -2.33. The molecule has 0 fully saturated rings. The van der Waals surface area contributed by atoms with Crippen LogP contribution in [0.5, 0.6) is 0 Å². The van der Waals surface area contributed by atoms with Crippen LogP contribution in [-0.4, -0.2) is 22.1 Å². The van der Waals surface area contributed by atoms with Crippen LogP contribution in [0.1, 0.15) is 77.2 Å². The Kier molecular flexibility index (Phi) is 6.13. The van der Waals surface area contributed by atoms with E-state index in [1.165, 1.54) is 13.8 Å². The van der Waals surface area contributed by atoms with Gasteiger partial charge in [0.2, 0.25) is 0 Å². The van der Waals surface area contributed by atoms with Crippen LogP contribution >= 0.6 is 0 Å². The monoisotopic (exact) mass is 322 g/mol. The van der Waals surface area contributed by atoms with Gasteiger partial charge in [0, 0.05) is 5.56 Å². The van der Waals surface area contributed by atoms with E-state index in [9.17, 15) is 9.90 Å². The maximum absolute atomic E-state index is 12.1. The summed E-state index contributed by atoms with van der Waals surface area (Å²) >= 11 is 0. The number of carbonyl (C=O) groups excluding carboxylic acids is 1. The Balaban J connectivity index is 3.08. The third-order valence-corrected chi connectivity index (χ3v) is 3.82. The Morgan fingerprint density at radius 2 is 1.43 bits per heavy atom. The zero-order chi connectivity index (χ0) is 17.9. The van der Waals surface area contributed by atoms with E-state index in [4.69, 9.17) is 9.78 Å². The number of benzene rings is 1. The second-order valence-corrected chi connectivity index (χ2v) is 7.45. The van der Waals surface area contributed by atoms with Gasteiger partial charge in [-0.1, -0.05) is 38.1 Å². The molecule has 0 aliphatic carbocycles. The summed E-state index contributed by atoms with van der Waals surface area (Å²) in [6.45, 7) is 12.9. The van der Waals surface area contributed by atoms with Crippen molar-refractivity contribution < 1.29 is 19.7 Å². The minimum Gasteiger partial charge on any atom is -0.382 e. The zero-order valence-electron chi connectivity index (χ0n) is 15.4. The molecule has 4 nitrogen and oxygen atoms in total. The summed E-state index contributed by atoms with van der Waals surface area (Å²) < 4.78 is 0. The van der Waals surface area contributed by atoms with Crippen LogP contribution in [-0.2, 0) is 15.4 Å². The molecule has 0 aliphatic rings. The van der Waals surface area contributed by atoms with Crippen LogP contribution in [0.15, 0.2) is 24.3 Å². The van der Waals surface area contributed by atoms with Crippen molar-refractivity contribution in [3.63, 3.8) is 0 Å². The number of hydrogen-bond acceptors (Lipinski definition) is 4. The van der Waals surface area contributed by atoms with Crippen molar-refractivity contribution in [3.05, 3.63) is 35.4 Å². The zero-order valence-corrected chi connectivity index (χ0v) is 15.4. The molecule has 0 amide bonds. The summed E-state index contributed by atoms with van der Waals surface area (Å²) in [5.74, 6) is -0.297. The number of aliphatic hydroxyl groups is 1. The molecule has 4 heteroatoms. The van der Waals surface area contributed by atoms with Gasteiger partial charge in [-0.3, -0.25) is 4.79 Å². The molecule has 0 atom stereocenters. The Labute approximate surface area is 139 Å². The Bertz CT molecular complexity index is 514. The van der Waals surface area contributed by atoms with Gasteiger partial charge in [-0.25, -0.2) is 9.78 Å². The van der Waals surface area contributed by atoms with E-state index in [2.05, 4.69) is 0 Å². The first-order valence-electron chi connectivity index (χ1n) is 8.20. The smallest absolute Gasteiger partial charge is 0.193 e. The van der Waals surface area contributed by atoms with Gasteiger partial charge < -0.3 is 5.11 Å². The average molecular weight is 322 g/mol. The summed E-state index contributed by atoms with van der Waals surface area (Å²) in [5.41, 5.74) is -0.881. The molecule has 130 valence electrons. The fourth-order valence-electron chi connectivity index (χ4n) is 2.31. The van der Waals surface area contributed by atoms with Crippen molar-refractivity contribution in [1.29, 1.82) is 0 Å². The summed E-state index contributed by atoms with van der Waals surface area (Å²) in [6, 6.07) is 7.21. The Morgan fingerprint density at radius 1 is 0.957 bits per heavy atom. The van der Waals surface area contributed by atoms with E-state index in [1.54, 1.807) is 12.1 Å². The minimum absolute atomic E-state index is 0.297. The lowest BCUT2D eigenvalue weighted by Gasteiger charge is -2.34. The highest BCUT2D eigenvalue weighted by atomic mass is 17.2. The number of rotatable bonds is 7. The van der Waals surface area contributed by atoms with Crippen molar-refractivity contribution in [1.82, 2.24) is 0 Å². The maximum atomic E-state index is 12.1. The molecule has 0 spiro atoms. The third-order valence-electron chi connectivity index (χ3n) is 3.82.